The zero-order chi connectivity index (χ0) is 13.7. The maximum absolute atomic E-state index is 10.7. The molecule has 1 unspecified atom stereocenters. The minimum Gasteiger partial charge on any atom is -0.480 e. The fourth-order valence-electron chi connectivity index (χ4n) is 1.91. The van der Waals surface area contributed by atoms with E-state index >= 15 is 0 Å². The number of ether oxygens (including phenoxy) is 1. The van der Waals surface area contributed by atoms with Crippen molar-refractivity contribution in [2.75, 3.05) is 6.61 Å². The number of aryl methyl sites for hydroxylation is 1. The summed E-state index contributed by atoms with van der Waals surface area (Å²) in [5, 5.41) is 8.78. The van der Waals surface area contributed by atoms with E-state index in [-0.39, 0.29) is 12.7 Å². The number of carboxylic acids is 1. The van der Waals surface area contributed by atoms with Crippen LogP contribution in [0.1, 0.15) is 22.8 Å². The molecule has 98 valence electrons. The highest BCUT2D eigenvalue weighted by atomic mass is 16.5. The van der Waals surface area contributed by atoms with Crippen molar-refractivity contribution in [1.29, 1.82) is 0 Å². The summed E-state index contributed by atoms with van der Waals surface area (Å²) in [5.41, 5.74) is 3.07. The van der Waals surface area contributed by atoms with Crippen molar-refractivity contribution in [3.8, 4) is 0 Å². The molecule has 0 saturated heterocycles. The quantitative estimate of drug-likeness (QED) is 0.893. The van der Waals surface area contributed by atoms with Crippen LogP contribution in [0.3, 0.4) is 0 Å². The van der Waals surface area contributed by atoms with E-state index in [4.69, 9.17) is 9.84 Å². The molecule has 19 heavy (non-hydrogen) atoms. The van der Waals surface area contributed by atoms with E-state index < -0.39 is 5.97 Å². The Balaban J connectivity index is 2.28. The Bertz CT molecular complexity index is 532. The summed E-state index contributed by atoms with van der Waals surface area (Å²) >= 11 is 0. The Labute approximate surface area is 112 Å². The lowest BCUT2D eigenvalue weighted by molar-refractivity contribution is -0.143. The van der Waals surface area contributed by atoms with E-state index in [1.54, 1.807) is 0 Å². The molecule has 0 aliphatic carbocycles. The molecule has 0 amide bonds. The molecule has 2 aromatic rings. The van der Waals surface area contributed by atoms with Crippen LogP contribution >= 0.6 is 0 Å². The van der Waals surface area contributed by atoms with Crippen LogP contribution in [0.15, 0.2) is 54.6 Å². The summed E-state index contributed by atoms with van der Waals surface area (Å²) in [5.74, 6) is -0.965. The highest BCUT2D eigenvalue weighted by molar-refractivity contribution is 5.68. The van der Waals surface area contributed by atoms with Crippen molar-refractivity contribution in [1.82, 2.24) is 0 Å². The summed E-state index contributed by atoms with van der Waals surface area (Å²) in [6.07, 6.45) is -0.349. The van der Waals surface area contributed by atoms with Gasteiger partial charge in [-0.25, -0.2) is 4.79 Å². The zero-order valence-electron chi connectivity index (χ0n) is 10.7. The van der Waals surface area contributed by atoms with E-state index in [1.165, 1.54) is 0 Å². The van der Waals surface area contributed by atoms with Crippen molar-refractivity contribution in [2.45, 2.75) is 13.0 Å². The van der Waals surface area contributed by atoms with Crippen LogP contribution in [0, 0.1) is 6.92 Å². The van der Waals surface area contributed by atoms with Gasteiger partial charge >= 0.3 is 5.97 Å². The fourth-order valence-corrected chi connectivity index (χ4v) is 1.91. The minimum atomic E-state index is -0.965. The van der Waals surface area contributed by atoms with Crippen LogP contribution in [0.2, 0.25) is 0 Å². The second-order valence-electron chi connectivity index (χ2n) is 4.41. The Morgan fingerprint density at radius 1 is 1.05 bits per heavy atom. The molecule has 0 aliphatic rings. The molecule has 0 saturated carbocycles. The normalized spacial score (nSPS) is 12.1. The Kier molecular flexibility index (Phi) is 4.31. The molecule has 1 N–H and O–H groups in total. The molecule has 0 fully saturated rings. The third kappa shape index (κ3) is 3.66. The molecule has 0 heterocycles. The van der Waals surface area contributed by atoms with Gasteiger partial charge in [0.25, 0.3) is 0 Å². The Hall–Kier alpha value is -2.13. The molecule has 3 nitrogen and oxygen atoms in total. The highest BCUT2D eigenvalue weighted by Gasteiger charge is 2.15. The topological polar surface area (TPSA) is 46.5 Å². The molecule has 0 spiro atoms. The van der Waals surface area contributed by atoms with Gasteiger partial charge < -0.3 is 9.84 Å². The Morgan fingerprint density at radius 3 is 2.21 bits per heavy atom. The van der Waals surface area contributed by atoms with Crippen molar-refractivity contribution in [2.24, 2.45) is 0 Å². The summed E-state index contributed by atoms with van der Waals surface area (Å²) in [6.45, 7) is 1.70. The first-order valence-corrected chi connectivity index (χ1v) is 6.12. The number of hydrogen-bond donors (Lipinski definition) is 1. The predicted molar refractivity (Wildman–Crippen MR) is 73.1 cm³/mol. The van der Waals surface area contributed by atoms with Crippen LogP contribution in [-0.4, -0.2) is 17.7 Å². The minimum absolute atomic E-state index is 0.312. The van der Waals surface area contributed by atoms with Gasteiger partial charge in [-0.1, -0.05) is 60.2 Å². The Morgan fingerprint density at radius 2 is 1.63 bits per heavy atom. The first-order valence-electron chi connectivity index (χ1n) is 6.12. The van der Waals surface area contributed by atoms with E-state index in [0.29, 0.717) is 0 Å². The largest absolute Gasteiger partial charge is 0.480 e. The lowest BCUT2D eigenvalue weighted by Crippen LogP contribution is -2.13. The standard InChI is InChI=1S/C16H16O3/c1-12-7-9-14(10-8-12)16(19-11-15(17)18)13-5-3-2-4-6-13/h2-10,16H,11H2,1H3,(H,17,18). The zero-order valence-corrected chi connectivity index (χ0v) is 10.7. The van der Waals surface area contributed by atoms with Gasteiger partial charge in [0.05, 0.1) is 0 Å². The van der Waals surface area contributed by atoms with Crippen LogP contribution in [0.25, 0.3) is 0 Å². The number of carbonyl (C=O) groups is 1. The van der Waals surface area contributed by atoms with Gasteiger partial charge in [-0.3, -0.25) is 0 Å². The maximum Gasteiger partial charge on any atom is 0.329 e. The number of hydrogen-bond acceptors (Lipinski definition) is 2. The van der Waals surface area contributed by atoms with Crippen molar-refractivity contribution >= 4 is 5.97 Å². The number of carboxylic acid groups (broad SMARTS) is 1. The van der Waals surface area contributed by atoms with Crippen molar-refractivity contribution in [3.63, 3.8) is 0 Å². The van der Waals surface area contributed by atoms with E-state index in [2.05, 4.69) is 0 Å². The van der Waals surface area contributed by atoms with Gasteiger partial charge in [-0.15, -0.1) is 0 Å². The second-order valence-corrected chi connectivity index (χ2v) is 4.41. The molecule has 2 aromatic carbocycles. The summed E-state index contributed by atoms with van der Waals surface area (Å²) < 4.78 is 5.52. The van der Waals surface area contributed by atoms with E-state index in [9.17, 15) is 4.79 Å². The second kappa shape index (κ2) is 6.16. The van der Waals surface area contributed by atoms with Gasteiger partial charge in [-0.05, 0) is 18.1 Å². The smallest absolute Gasteiger partial charge is 0.329 e. The molecule has 2 rings (SSSR count). The van der Waals surface area contributed by atoms with Gasteiger partial charge in [0, 0.05) is 0 Å². The molecular weight excluding hydrogens is 240 g/mol. The summed E-state index contributed by atoms with van der Waals surface area (Å²) in [4.78, 5) is 10.7. The lowest BCUT2D eigenvalue weighted by Gasteiger charge is -2.18. The van der Waals surface area contributed by atoms with Gasteiger partial charge in [0.2, 0.25) is 0 Å². The lowest BCUT2D eigenvalue weighted by atomic mass is 10.0. The van der Waals surface area contributed by atoms with Crippen LogP contribution in [-0.2, 0) is 9.53 Å². The number of rotatable bonds is 5. The molecule has 0 aromatic heterocycles. The first kappa shape index (κ1) is 13.3. The summed E-state index contributed by atoms with van der Waals surface area (Å²) in [7, 11) is 0. The predicted octanol–water partition coefficient (Wildman–Crippen LogP) is 3.19. The third-order valence-corrected chi connectivity index (χ3v) is 2.86. The van der Waals surface area contributed by atoms with Gasteiger partial charge in [0.1, 0.15) is 12.7 Å². The third-order valence-electron chi connectivity index (χ3n) is 2.86. The number of benzene rings is 2. The molecular formula is C16H16O3. The molecule has 0 aliphatic heterocycles. The average molecular weight is 256 g/mol. The molecule has 0 bridgehead atoms. The highest BCUT2D eigenvalue weighted by Crippen LogP contribution is 2.26. The van der Waals surface area contributed by atoms with E-state index in [1.807, 2.05) is 61.5 Å². The fraction of sp³-hybridized carbons (Fsp3) is 0.188. The van der Waals surface area contributed by atoms with E-state index in [0.717, 1.165) is 16.7 Å². The summed E-state index contributed by atoms with van der Waals surface area (Å²) in [6, 6.07) is 17.6. The van der Waals surface area contributed by atoms with Crippen molar-refractivity contribution < 1.29 is 14.6 Å². The average Bonchev–Trinajstić information content (AvgIpc) is 2.42. The van der Waals surface area contributed by atoms with Crippen LogP contribution in [0.4, 0.5) is 0 Å². The molecule has 3 heteroatoms. The van der Waals surface area contributed by atoms with Gasteiger partial charge in [0.15, 0.2) is 0 Å². The maximum atomic E-state index is 10.7. The number of aliphatic carboxylic acids is 1. The van der Waals surface area contributed by atoms with Crippen LogP contribution < -0.4 is 0 Å². The van der Waals surface area contributed by atoms with Gasteiger partial charge in [-0.2, -0.15) is 0 Å². The SMILES string of the molecule is Cc1ccc(C(OCC(=O)O)c2ccccc2)cc1. The molecule has 1 atom stereocenters. The van der Waals surface area contributed by atoms with Crippen LogP contribution in [0.5, 0.6) is 0 Å². The van der Waals surface area contributed by atoms with Crippen molar-refractivity contribution in [3.05, 3.63) is 71.3 Å². The molecule has 0 radical (unpaired) electrons. The monoisotopic (exact) mass is 256 g/mol. The first-order chi connectivity index (χ1) is 9.16.